The van der Waals surface area contributed by atoms with Gasteiger partial charge >= 0.3 is 0 Å². The van der Waals surface area contributed by atoms with Crippen LogP contribution in [0.4, 0.5) is 11.8 Å². The average molecular weight is 489 g/mol. The van der Waals surface area contributed by atoms with Crippen LogP contribution in [0.25, 0.3) is 11.0 Å². The second-order valence-electron chi connectivity index (χ2n) is 10.6. The molecule has 0 radical (unpaired) electrons. The van der Waals surface area contributed by atoms with Gasteiger partial charge in [-0.2, -0.15) is 4.98 Å². The van der Waals surface area contributed by atoms with Gasteiger partial charge in [-0.3, -0.25) is 14.2 Å². The normalized spacial score (nSPS) is 17.8. The summed E-state index contributed by atoms with van der Waals surface area (Å²) in [5.74, 6) is 1.39. The van der Waals surface area contributed by atoms with Crippen LogP contribution in [-0.2, 0) is 0 Å². The molecule has 3 aromatic heterocycles. The summed E-state index contributed by atoms with van der Waals surface area (Å²) in [5.41, 5.74) is 2.51. The van der Waals surface area contributed by atoms with Crippen LogP contribution in [0.2, 0.25) is 0 Å². The lowest BCUT2D eigenvalue weighted by molar-refractivity contribution is 0.101. The van der Waals surface area contributed by atoms with Crippen molar-refractivity contribution in [2.45, 2.75) is 84.2 Å². The Morgan fingerprint density at radius 3 is 2.39 bits per heavy atom. The van der Waals surface area contributed by atoms with Crippen molar-refractivity contribution in [2.24, 2.45) is 0 Å². The second-order valence-corrected chi connectivity index (χ2v) is 10.6. The molecule has 2 aliphatic rings. The minimum Gasteiger partial charge on any atom is -0.309 e. The number of hydrogen-bond acceptors (Lipinski definition) is 7. The Kier molecular flexibility index (Phi) is 6.88. The molecule has 5 rings (SSSR count). The number of ketones is 1. The number of rotatable bonds is 6. The largest absolute Gasteiger partial charge is 0.309 e. The van der Waals surface area contributed by atoms with E-state index in [1.54, 1.807) is 10.8 Å². The van der Waals surface area contributed by atoms with Gasteiger partial charge in [0.2, 0.25) is 5.95 Å². The lowest BCUT2D eigenvalue weighted by atomic mass is 9.90. The van der Waals surface area contributed by atoms with Crippen LogP contribution in [0.5, 0.6) is 0 Å². The van der Waals surface area contributed by atoms with E-state index in [1.165, 1.54) is 12.5 Å². The van der Waals surface area contributed by atoms with Crippen molar-refractivity contribution in [1.82, 2.24) is 24.4 Å². The molecular formula is C28H36N6O2. The molecule has 0 unspecified atom stereocenters. The molecule has 1 aliphatic carbocycles. The quantitative estimate of drug-likeness (QED) is 0.480. The van der Waals surface area contributed by atoms with E-state index >= 15 is 0 Å². The van der Waals surface area contributed by atoms with Crippen molar-refractivity contribution in [1.29, 1.82) is 0 Å². The molecule has 8 heteroatoms. The fraction of sp³-hybridized carbons (Fsp3) is 0.536. The van der Waals surface area contributed by atoms with Crippen molar-refractivity contribution in [3.8, 4) is 0 Å². The molecule has 0 atom stereocenters. The monoisotopic (exact) mass is 488 g/mol. The van der Waals surface area contributed by atoms with E-state index in [2.05, 4.69) is 40.1 Å². The van der Waals surface area contributed by atoms with E-state index in [0.29, 0.717) is 34.9 Å². The number of carbonyl (C=O) groups is 1. The Balaban J connectivity index is 1.42. The van der Waals surface area contributed by atoms with Crippen molar-refractivity contribution < 1.29 is 4.79 Å². The molecule has 36 heavy (non-hydrogen) atoms. The Bertz CT molecular complexity index is 1320. The predicted molar refractivity (Wildman–Crippen MR) is 142 cm³/mol. The summed E-state index contributed by atoms with van der Waals surface area (Å²) in [5, 5.41) is 3.96. The van der Waals surface area contributed by atoms with E-state index in [9.17, 15) is 9.59 Å². The lowest BCUT2D eigenvalue weighted by Gasteiger charge is -2.34. The number of nitrogens with zero attached hydrogens (tertiary/aromatic N) is 5. The van der Waals surface area contributed by atoms with Gasteiger partial charge in [0.05, 0.1) is 5.56 Å². The molecule has 1 saturated carbocycles. The first kappa shape index (κ1) is 24.6. The zero-order valence-corrected chi connectivity index (χ0v) is 21.8. The molecule has 0 amide bonds. The van der Waals surface area contributed by atoms with Crippen molar-refractivity contribution in [3.63, 3.8) is 0 Å². The molecule has 190 valence electrons. The SMILES string of the molecule is CC(=O)c1c(C)c2cnc(Nc3ccc(C4CCN(C(C)C)CC4)cn3)nc2n(C2CCCC2)c1=O. The van der Waals surface area contributed by atoms with Crippen molar-refractivity contribution >= 4 is 28.6 Å². The van der Waals surface area contributed by atoms with Crippen LogP contribution in [0.1, 0.15) is 92.7 Å². The van der Waals surface area contributed by atoms with Crippen LogP contribution in [0.15, 0.2) is 29.3 Å². The topological polar surface area (TPSA) is 93.0 Å². The maximum absolute atomic E-state index is 13.4. The highest BCUT2D eigenvalue weighted by Crippen LogP contribution is 2.32. The summed E-state index contributed by atoms with van der Waals surface area (Å²) in [7, 11) is 0. The molecule has 0 spiro atoms. The van der Waals surface area contributed by atoms with E-state index in [-0.39, 0.29) is 22.9 Å². The van der Waals surface area contributed by atoms with Crippen LogP contribution in [0.3, 0.4) is 0 Å². The molecule has 1 N–H and O–H groups in total. The molecular weight excluding hydrogens is 452 g/mol. The van der Waals surface area contributed by atoms with E-state index in [1.807, 2.05) is 19.2 Å². The number of aromatic nitrogens is 4. The van der Waals surface area contributed by atoms with E-state index in [4.69, 9.17) is 4.98 Å². The maximum Gasteiger partial charge on any atom is 0.263 e. The first-order valence-electron chi connectivity index (χ1n) is 13.2. The molecule has 1 saturated heterocycles. The third kappa shape index (κ3) is 4.66. The fourth-order valence-electron chi connectivity index (χ4n) is 5.89. The molecule has 8 nitrogen and oxygen atoms in total. The Morgan fingerprint density at radius 2 is 1.78 bits per heavy atom. The standard InChI is InChI=1S/C28H36N6O2/c1-17(2)33-13-11-20(12-14-33)21-9-10-24(29-15-21)31-28-30-16-23-18(3)25(19(4)35)27(36)34(26(23)32-28)22-7-5-6-8-22/h9-10,15-17,20,22H,5-8,11-14H2,1-4H3,(H,29,30,31,32). The summed E-state index contributed by atoms with van der Waals surface area (Å²) in [6, 6.07) is 4.77. The number of anilines is 2. The van der Waals surface area contributed by atoms with Gasteiger partial charge in [-0.1, -0.05) is 18.9 Å². The van der Waals surface area contributed by atoms with Crippen LogP contribution in [0, 0.1) is 6.92 Å². The van der Waals surface area contributed by atoms with Crippen LogP contribution in [-0.4, -0.2) is 49.3 Å². The first-order valence-corrected chi connectivity index (χ1v) is 13.2. The number of hydrogen-bond donors (Lipinski definition) is 1. The minimum atomic E-state index is -0.241. The molecule has 3 aromatic rings. The number of fused-ring (bicyclic) bond motifs is 1. The number of aryl methyl sites for hydroxylation is 1. The summed E-state index contributed by atoms with van der Waals surface area (Å²) in [6.07, 6.45) is 9.96. The summed E-state index contributed by atoms with van der Waals surface area (Å²) >= 11 is 0. The Hall–Kier alpha value is -3.13. The number of pyridine rings is 2. The molecule has 2 fully saturated rings. The van der Waals surface area contributed by atoms with Gasteiger partial charge in [0.1, 0.15) is 11.5 Å². The van der Waals surface area contributed by atoms with Crippen molar-refractivity contribution in [2.75, 3.05) is 18.4 Å². The summed E-state index contributed by atoms with van der Waals surface area (Å²) in [6.45, 7) is 10.0. The third-order valence-corrected chi connectivity index (χ3v) is 8.01. The van der Waals surface area contributed by atoms with E-state index in [0.717, 1.165) is 57.0 Å². The fourth-order valence-corrected chi connectivity index (χ4v) is 5.89. The Morgan fingerprint density at radius 1 is 1.06 bits per heavy atom. The molecule has 0 aromatic carbocycles. The van der Waals surface area contributed by atoms with Crippen LogP contribution >= 0.6 is 0 Å². The van der Waals surface area contributed by atoms with E-state index < -0.39 is 0 Å². The lowest BCUT2D eigenvalue weighted by Crippen LogP contribution is -2.37. The maximum atomic E-state index is 13.4. The van der Waals surface area contributed by atoms with Gasteiger partial charge in [0.15, 0.2) is 5.78 Å². The minimum absolute atomic E-state index is 0.0565. The molecule has 0 bridgehead atoms. The molecule has 4 heterocycles. The smallest absolute Gasteiger partial charge is 0.263 e. The van der Waals surface area contributed by atoms with Gasteiger partial charge in [0.25, 0.3) is 5.56 Å². The third-order valence-electron chi connectivity index (χ3n) is 8.01. The van der Waals surface area contributed by atoms with Gasteiger partial charge in [-0.15, -0.1) is 0 Å². The van der Waals surface area contributed by atoms with Gasteiger partial charge in [-0.25, -0.2) is 9.97 Å². The summed E-state index contributed by atoms with van der Waals surface area (Å²) in [4.78, 5) is 42.1. The van der Waals surface area contributed by atoms with Gasteiger partial charge in [-0.05, 0) is 89.6 Å². The second kappa shape index (κ2) is 10.1. The van der Waals surface area contributed by atoms with Gasteiger partial charge in [0, 0.05) is 29.9 Å². The number of nitrogens with one attached hydrogen (secondary N) is 1. The highest BCUT2D eigenvalue weighted by Gasteiger charge is 2.26. The predicted octanol–water partition coefficient (Wildman–Crippen LogP) is 5.14. The highest BCUT2D eigenvalue weighted by atomic mass is 16.1. The number of carbonyl (C=O) groups excluding carboxylic acids is 1. The Labute approximate surface area is 212 Å². The van der Waals surface area contributed by atoms with Crippen LogP contribution < -0.4 is 10.9 Å². The highest BCUT2D eigenvalue weighted by molar-refractivity contribution is 5.99. The average Bonchev–Trinajstić information content (AvgIpc) is 3.39. The number of likely N-dealkylation sites (tertiary alicyclic amines) is 1. The van der Waals surface area contributed by atoms with Crippen molar-refractivity contribution in [3.05, 3.63) is 51.6 Å². The summed E-state index contributed by atoms with van der Waals surface area (Å²) < 4.78 is 1.74. The van der Waals surface area contributed by atoms with Gasteiger partial charge < -0.3 is 10.2 Å². The molecule has 1 aliphatic heterocycles. The first-order chi connectivity index (χ1) is 17.3. The zero-order chi connectivity index (χ0) is 25.4. The number of Topliss-reactive ketones (excluding diaryl/α,β-unsaturated/α-hetero) is 1. The number of piperidine rings is 1. The zero-order valence-electron chi connectivity index (χ0n) is 21.8.